The van der Waals surface area contributed by atoms with E-state index >= 15 is 0 Å². The van der Waals surface area contributed by atoms with E-state index in [1.165, 1.54) is 121 Å². The zero-order valence-corrected chi connectivity index (χ0v) is 233. The van der Waals surface area contributed by atoms with Gasteiger partial charge in [-0.3, -0.25) is 0 Å². The average molecular weight is 11400 g/mol. The molecule has 0 amide bonds. The van der Waals surface area contributed by atoms with Crippen molar-refractivity contribution in [2.45, 2.75) is 34.6 Å². The molecule has 0 saturated carbocycles. The molecule has 0 bridgehead atoms. The first-order chi connectivity index (χ1) is 42.9. The number of hydrogen-bond donors (Lipinski definition) is 0. The van der Waals surface area contributed by atoms with Gasteiger partial charge in [0.15, 0.2) is 0 Å². The second kappa shape index (κ2) is 184. The first kappa shape index (κ1) is 275. The van der Waals surface area contributed by atoms with E-state index in [1.54, 1.807) is 227 Å². The molecule has 0 spiro atoms. The minimum absolute atomic E-state index is 0. The largest absolute Gasteiger partial charge is 0 e. The zero-order valence-electron chi connectivity index (χ0n) is 62.7. The normalized spacial score (nSPS) is 6.36. The third kappa shape index (κ3) is 89.9. The van der Waals surface area contributed by atoms with Gasteiger partial charge in [0.2, 0.25) is 0 Å². The molecule has 13 rings (SSSR count). The molecule has 0 unspecified atom stereocenters. The van der Waals surface area contributed by atoms with E-state index in [4.69, 9.17) is 0 Å². The molecule has 9 aromatic carbocycles. The molecule has 4 heterocycles. The van der Waals surface area contributed by atoms with E-state index in [0.29, 0.717) is 0 Å². The molecule has 0 fully saturated rings. The molecule has 0 N–H and O–H groups in total. The van der Waals surface area contributed by atoms with Gasteiger partial charge in [0.05, 0.1) is 22.1 Å². The van der Waals surface area contributed by atoms with Crippen molar-refractivity contribution in [2.24, 2.45) is 0 Å². The molecule has 0 atom stereocenters. The molecule has 675 valence electrons. The smallest absolute Gasteiger partial charge is 0 e. The predicted octanol–water partition coefficient (Wildman–Crippen LogP) is 14.8. The quantitative estimate of drug-likeness (QED) is 0.157. The van der Waals surface area contributed by atoms with Crippen molar-refractivity contribution in [1.82, 2.24) is 18.3 Å². The molecule has 4 aromatic heterocycles. The average Bonchev–Trinajstić information content (AvgIpc) is 1.53. The Labute approximate surface area is 1510 Å². The summed E-state index contributed by atoms with van der Waals surface area (Å²) in [6, 6.07) is 75.0. The van der Waals surface area contributed by atoms with Gasteiger partial charge in [-0.15, -0.1) is 11.6 Å². The molecule has 0 aliphatic carbocycles. The molecule has 1 radical (unpaired) electrons. The topological polar surface area (TPSA) is 19.7 Å². The fourth-order valence-corrected chi connectivity index (χ4v) is 10.2. The second-order valence-electron chi connectivity index (χ2n) is 16.4. The minimum Gasteiger partial charge on any atom is 0 e. The number of aromatic nitrogens is 4. The molecule has 62 heteroatoms. The van der Waals surface area contributed by atoms with E-state index in [1.807, 2.05) is 27.7 Å². The van der Waals surface area contributed by atoms with E-state index in [-0.39, 0.29) is 833 Å². The molecule has 0 saturated heterocycles. The van der Waals surface area contributed by atoms with Gasteiger partial charge in [-0.2, -0.15) is 0 Å². The summed E-state index contributed by atoms with van der Waals surface area (Å²) in [5.41, 5.74) is 14.5. The van der Waals surface area contributed by atoms with E-state index < -0.39 is 0 Å². The Morgan fingerprint density at radius 3 is 0.389 bits per heavy atom. The monoisotopic (exact) mass is 11400 g/mol. The van der Waals surface area contributed by atoms with Crippen molar-refractivity contribution in [3.8, 4) is 22.7 Å². The molecule has 0 aliphatic heterocycles. The maximum Gasteiger partial charge on any atom is 0 e. The van der Waals surface area contributed by atoms with E-state index in [0.717, 1.165) is 91.8 Å². The Hall–Kier alpha value is 31.9. The van der Waals surface area contributed by atoms with Crippen LogP contribution in [-0.4, -0.2) is 40.8 Å². The minimum atomic E-state index is 0. The van der Waals surface area contributed by atoms with Crippen molar-refractivity contribution in [2.75, 3.05) is 0 Å². The number of benzene rings is 9. The van der Waals surface area contributed by atoms with Crippen LogP contribution in [0.25, 0.3) is 110 Å². The van der Waals surface area contributed by atoms with Gasteiger partial charge < -0.3 is 18.3 Å². The molecular weight excluding hydrogens is 11400 g/mol. The Bertz CT molecular complexity index is 3860. The molecule has 13 aromatic rings. The zero-order chi connectivity index (χ0) is 65.6. The van der Waals surface area contributed by atoms with Crippen molar-refractivity contribution < 1.29 is 1160 Å². The van der Waals surface area contributed by atoms with Gasteiger partial charge in [-0.05, 0) is 71.3 Å². The number of hydrogen-bond acceptors (Lipinski definition) is 0. The maximum atomic E-state index is 4.58. The summed E-state index contributed by atoms with van der Waals surface area (Å²) >= 11 is 30.1. The van der Waals surface area contributed by atoms with Gasteiger partial charge in [0, 0.05) is 898 Å². The van der Waals surface area contributed by atoms with Crippen molar-refractivity contribution in [3.05, 3.63) is 206 Å². The van der Waals surface area contributed by atoms with Crippen LogP contribution in [0.3, 0.4) is 0 Å². The number of nitrogens with zero attached hydrogens (tertiary/aromatic N) is 4. The van der Waals surface area contributed by atoms with Crippen LogP contribution in [0, 0.1) is 13.0 Å². The van der Waals surface area contributed by atoms with Crippen LogP contribution in [0.15, 0.2) is 194 Å². The standard InChI is InChI=1S/C55H35N4.4C2H3.CH.57W.Y/c1-35-54(58-48-30-14-6-22-40(48)41-23-7-15-31-49(41)58)52(56-44-26-10-2-18-36(44)37-19-3-11-27-45(37)56)34-53(57-46-28-12-4-20-38(46)39-21-5-13-29-47(39)57)55(35)59-50-32-16-8-24-42(50)43-25-9-17-33-51(43)59;4*1-2;;;;;;;;;;;;;;;;;;;;;;;;;;;;;;;;;;;;;;;;;;;;;;;;;;;;;;;;;;;/h2-33H,1H3;4*1H3;1H;;;;;;;;;;;;;;;;;;;;;;;;;;;;;;;;;;;;;;;;;;;;;;;;;;;;;;;;;;/q6*-1;;;;;;;;;;;;;;;;;;;;;;;;;;;;;;;;;;;;;;;;;;;;;;;;;;;;;;;;;;. The van der Waals surface area contributed by atoms with Gasteiger partial charge in [0.25, 0.3) is 0 Å². The van der Waals surface area contributed by atoms with Crippen LogP contribution in [-0.2, 0) is 1160 Å². The summed E-state index contributed by atoms with van der Waals surface area (Å²) < 4.78 is 21.3. The first-order valence-electron chi connectivity index (χ1n) is 24.5. The summed E-state index contributed by atoms with van der Waals surface area (Å²) in [6.45, 7) is 9.98. The van der Waals surface area contributed by atoms with Gasteiger partial charge >= 0.3 is 374 Å². The van der Waals surface area contributed by atoms with Crippen molar-refractivity contribution >= 4 is 110 Å². The summed E-state index contributed by atoms with van der Waals surface area (Å²) in [6.07, 6.45) is 0. The SMILES string of the molecule is C[C-]=[W].C[C-]=[W].C[C-]=[W].C[C-]=[W].Cc1c(-n2c3ccccc3c3ccccc32)c(-n2c3ccccc3c3ccccc32)[c-]c(-n2c3ccccc3c3ccccc32)c1-n1c2ccccc2c2ccccc21.[CH-]=[W].[W].[W].[W].[W].[W].[W].[W].[W].[W].[W].[W].[W].[W].[W].[W].[W].[W].[W].[W].[W].[W].[W].[W].[W].[W].[W].[W].[W].[W].[W].[W].[W].[W].[W].[W].[W].[W].[W].[W]=[W].[W]=[W].[W]=[W].[W]=[W].[W]=[W].[W]=[W].[W]=[W].[Y]. The number of fused-ring (bicyclic) bond motifs is 12. The van der Waals surface area contributed by atoms with Gasteiger partial charge in [0.1, 0.15) is 0 Å². The summed E-state index contributed by atoms with van der Waals surface area (Å²) in [5.74, 6) is 0. The van der Waals surface area contributed by atoms with E-state index in [2.05, 4.69) is 248 Å². The fraction of sp³-hybridized carbons (Fsp3) is 0.0781. The van der Waals surface area contributed by atoms with Crippen molar-refractivity contribution in [1.29, 1.82) is 0 Å². The Morgan fingerprint density at radius 1 is 0.198 bits per heavy atom. The molecular formula is C64H48N4W57Y-6. The third-order valence-electron chi connectivity index (χ3n) is 12.6. The Balaban J connectivity index is -0.0000000280. The second-order valence-corrected chi connectivity index (χ2v) is 22.3. The van der Waals surface area contributed by atoms with Gasteiger partial charge in [-0.25, -0.2) is 0 Å². The van der Waals surface area contributed by atoms with Crippen molar-refractivity contribution in [3.63, 3.8) is 0 Å². The van der Waals surface area contributed by atoms with Crippen LogP contribution < -0.4 is 0 Å². The van der Waals surface area contributed by atoms with Crippen LogP contribution in [0.2, 0.25) is 0 Å². The molecule has 4 nitrogen and oxygen atoms in total. The molecule has 126 heavy (non-hydrogen) atoms. The summed E-state index contributed by atoms with van der Waals surface area (Å²) in [4.78, 5) is 4.58. The van der Waals surface area contributed by atoms with Crippen LogP contribution in [0.5, 0.6) is 0 Å². The maximum absolute atomic E-state index is 4.58. The summed E-state index contributed by atoms with van der Waals surface area (Å²) in [7, 11) is 0. The fourth-order valence-electron chi connectivity index (χ4n) is 10.2. The number of para-hydroxylation sites is 8. The molecule has 0 aliphatic rings. The first-order valence-corrected chi connectivity index (χ1v) is 109. The Kier molecular flexibility index (Phi) is 402. The van der Waals surface area contributed by atoms with Crippen LogP contribution in [0.4, 0.5) is 0 Å². The Morgan fingerprint density at radius 2 is 0.286 bits per heavy atom. The van der Waals surface area contributed by atoms with Crippen LogP contribution in [0.1, 0.15) is 33.3 Å². The summed E-state index contributed by atoms with van der Waals surface area (Å²) in [5, 5.41) is 9.75. The number of rotatable bonds is 4. The van der Waals surface area contributed by atoms with Gasteiger partial charge in [-0.1, -0.05) is 153 Å². The van der Waals surface area contributed by atoms with Crippen LogP contribution >= 0.6 is 0 Å². The predicted molar refractivity (Wildman–Crippen MR) is 296 cm³/mol. The third-order valence-corrected chi connectivity index (χ3v) is 12.6. The van der Waals surface area contributed by atoms with E-state index in [9.17, 15) is 0 Å².